The van der Waals surface area contributed by atoms with Gasteiger partial charge < -0.3 is 38.5 Å². The van der Waals surface area contributed by atoms with Crippen molar-refractivity contribution in [3.8, 4) is 11.5 Å². The lowest BCUT2D eigenvalue weighted by Gasteiger charge is -2.17. The average molecular weight is 529 g/mol. The number of benzene rings is 1. The van der Waals surface area contributed by atoms with E-state index in [2.05, 4.69) is 5.32 Å². The Kier molecular flexibility index (Phi) is 16.8. The number of nitro groups is 1. The first-order valence-electron chi connectivity index (χ1n) is 12.4. The standard InChI is InChI=1S/C25H40N2O10/c1-5-33-11-12-35-15-16-36-14-13-34-10-8-25(29)26-20(3)21-17-23(32-4)24(18-22(21)27(30)31)37-9-6-7-19(2)28/h17-18,20H,5-16H2,1-4H3,(H,26,29). The fourth-order valence-electron chi connectivity index (χ4n) is 3.21. The van der Waals surface area contributed by atoms with Crippen molar-refractivity contribution in [2.45, 2.75) is 46.1 Å². The first-order valence-corrected chi connectivity index (χ1v) is 12.4. The number of nitrogens with one attached hydrogen (secondary N) is 1. The molecule has 1 atom stereocenters. The van der Waals surface area contributed by atoms with Gasteiger partial charge in [-0.25, -0.2) is 0 Å². The molecule has 0 bridgehead atoms. The molecule has 1 rings (SSSR count). The molecule has 0 radical (unpaired) electrons. The van der Waals surface area contributed by atoms with Gasteiger partial charge in [-0.05, 0) is 33.3 Å². The summed E-state index contributed by atoms with van der Waals surface area (Å²) in [6.07, 6.45) is 0.928. The van der Waals surface area contributed by atoms with Gasteiger partial charge in [0.05, 0.1) is 82.6 Å². The summed E-state index contributed by atoms with van der Waals surface area (Å²) in [5.74, 6) is 0.226. The van der Waals surface area contributed by atoms with Crippen LogP contribution in [0.3, 0.4) is 0 Å². The van der Waals surface area contributed by atoms with Gasteiger partial charge in [-0.15, -0.1) is 0 Å². The lowest BCUT2D eigenvalue weighted by Crippen LogP contribution is -2.28. The van der Waals surface area contributed by atoms with E-state index < -0.39 is 11.0 Å². The van der Waals surface area contributed by atoms with Gasteiger partial charge in [-0.3, -0.25) is 14.9 Å². The predicted molar refractivity (Wildman–Crippen MR) is 135 cm³/mol. The molecule has 0 saturated heterocycles. The van der Waals surface area contributed by atoms with Crippen molar-refractivity contribution in [1.82, 2.24) is 5.32 Å². The molecule has 0 fully saturated rings. The zero-order chi connectivity index (χ0) is 27.5. The molecule has 12 heteroatoms. The van der Waals surface area contributed by atoms with Gasteiger partial charge in [0.1, 0.15) is 5.78 Å². The van der Waals surface area contributed by atoms with Gasteiger partial charge in [0.25, 0.3) is 5.69 Å². The second-order valence-corrected chi connectivity index (χ2v) is 8.05. The van der Waals surface area contributed by atoms with Crippen LogP contribution in [0.15, 0.2) is 12.1 Å². The number of ketones is 1. The van der Waals surface area contributed by atoms with Gasteiger partial charge in [0.15, 0.2) is 11.5 Å². The maximum Gasteiger partial charge on any atom is 0.278 e. The van der Waals surface area contributed by atoms with Crippen LogP contribution in [0.25, 0.3) is 0 Å². The third-order valence-electron chi connectivity index (χ3n) is 5.08. The van der Waals surface area contributed by atoms with E-state index in [0.29, 0.717) is 64.8 Å². The quantitative estimate of drug-likeness (QED) is 0.135. The van der Waals surface area contributed by atoms with Crippen LogP contribution in [0.4, 0.5) is 5.69 Å². The summed E-state index contributed by atoms with van der Waals surface area (Å²) in [6, 6.07) is 2.11. The first-order chi connectivity index (χ1) is 17.8. The number of nitrogens with zero attached hydrogens (tertiary/aromatic N) is 1. The molecule has 37 heavy (non-hydrogen) atoms. The van der Waals surface area contributed by atoms with E-state index in [1.165, 1.54) is 26.2 Å². The fourth-order valence-corrected chi connectivity index (χ4v) is 3.21. The van der Waals surface area contributed by atoms with Crippen LogP contribution in [0.5, 0.6) is 11.5 Å². The van der Waals surface area contributed by atoms with Crippen LogP contribution in [0, 0.1) is 10.1 Å². The fraction of sp³-hybridized carbons (Fsp3) is 0.680. The Morgan fingerprint density at radius 2 is 1.51 bits per heavy atom. The number of rotatable bonds is 22. The number of carbonyl (C=O) groups is 2. The second-order valence-electron chi connectivity index (χ2n) is 8.05. The maximum absolute atomic E-state index is 12.3. The number of hydrogen-bond donors (Lipinski definition) is 1. The topological polar surface area (TPSA) is 145 Å². The van der Waals surface area contributed by atoms with E-state index in [1.54, 1.807) is 6.92 Å². The Hall–Kier alpha value is -2.80. The largest absolute Gasteiger partial charge is 0.493 e. The molecule has 1 N–H and O–H groups in total. The molecule has 0 saturated carbocycles. The number of hydrogen-bond acceptors (Lipinski definition) is 10. The molecule has 12 nitrogen and oxygen atoms in total. The average Bonchev–Trinajstić information content (AvgIpc) is 2.86. The predicted octanol–water partition coefficient (Wildman–Crippen LogP) is 3.01. The molecular formula is C25H40N2O10. The third-order valence-corrected chi connectivity index (χ3v) is 5.08. The van der Waals surface area contributed by atoms with Crippen molar-refractivity contribution in [1.29, 1.82) is 0 Å². The molecule has 0 aliphatic rings. The molecule has 0 aromatic heterocycles. The molecule has 1 aromatic rings. The van der Waals surface area contributed by atoms with Crippen molar-refractivity contribution >= 4 is 17.4 Å². The van der Waals surface area contributed by atoms with Crippen molar-refractivity contribution < 1.29 is 42.9 Å². The Labute approximate surface area is 218 Å². The summed E-state index contributed by atoms with van der Waals surface area (Å²) >= 11 is 0. The van der Waals surface area contributed by atoms with Crippen LogP contribution in [-0.2, 0) is 28.5 Å². The molecular weight excluding hydrogens is 488 g/mol. The second kappa shape index (κ2) is 19.3. The highest BCUT2D eigenvalue weighted by atomic mass is 16.6. The minimum Gasteiger partial charge on any atom is -0.493 e. The summed E-state index contributed by atoms with van der Waals surface area (Å²) in [5.41, 5.74) is 0.0783. The van der Waals surface area contributed by atoms with Gasteiger partial charge in [0, 0.05) is 19.4 Å². The zero-order valence-electron chi connectivity index (χ0n) is 22.2. The molecule has 0 aliphatic heterocycles. The van der Waals surface area contributed by atoms with Crippen molar-refractivity contribution in [2.75, 3.05) is 66.6 Å². The van der Waals surface area contributed by atoms with Gasteiger partial charge in [0.2, 0.25) is 5.91 Å². The summed E-state index contributed by atoms with van der Waals surface area (Å²) in [6.45, 7) is 8.83. The summed E-state index contributed by atoms with van der Waals surface area (Å²) in [4.78, 5) is 34.6. The van der Waals surface area contributed by atoms with Gasteiger partial charge in [-0.1, -0.05) is 0 Å². The number of Topliss-reactive ketones (excluding diaryl/α,β-unsaturated/α-hetero) is 1. The van der Waals surface area contributed by atoms with Crippen LogP contribution >= 0.6 is 0 Å². The van der Waals surface area contributed by atoms with Crippen molar-refractivity contribution in [3.63, 3.8) is 0 Å². The molecule has 1 aromatic carbocycles. The number of nitro benzene ring substituents is 1. The number of amides is 1. The molecule has 0 aliphatic carbocycles. The highest BCUT2D eigenvalue weighted by Crippen LogP contribution is 2.37. The summed E-state index contributed by atoms with van der Waals surface area (Å²) < 4.78 is 32.2. The monoisotopic (exact) mass is 528 g/mol. The van der Waals surface area contributed by atoms with Crippen molar-refractivity contribution in [2.24, 2.45) is 0 Å². The van der Waals surface area contributed by atoms with E-state index in [-0.39, 0.29) is 48.3 Å². The van der Waals surface area contributed by atoms with Crippen LogP contribution in [-0.4, -0.2) is 83.2 Å². The van der Waals surface area contributed by atoms with Gasteiger partial charge in [-0.2, -0.15) is 0 Å². The Bertz CT molecular complexity index is 834. The number of carbonyl (C=O) groups excluding carboxylic acids is 2. The van der Waals surface area contributed by atoms with Crippen LogP contribution in [0.1, 0.15) is 51.6 Å². The third kappa shape index (κ3) is 13.9. The Morgan fingerprint density at radius 1 is 0.919 bits per heavy atom. The van der Waals surface area contributed by atoms with Gasteiger partial charge >= 0.3 is 0 Å². The van der Waals surface area contributed by atoms with Crippen LogP contribution < -0.4 is 14.8 Å². The summed E-state index contributed by atoms with van der Waals surface area (Å²) in [5, 5.41) is 14.4. The van der Waals surface area contributed by atoms with Crippen LogP contribution in [0.2, 0.25) is 0 Å². The molecule has 1 unspecified atom stereocenters. The van der Waals surface area contributed by atoms with Crippen molar-refractivity contribution in [3.05, 3.63) is 27.8 Å². The zero-order valence-corrected chi connectivity index (χ0v) is 22.2. The first kappa shape index (κ1) is 32.2. The van der Waals surface area contributed by atoms with E-state index in [0.717, 1.165) is 0 Å². The minimum atomic E-state index is -0.653. The SMILES string of the molecule is CCOCCOCCOCCOCCC(=O)NC(C)c1cc(OC)c(OCCCC(C)=O)cc1[N+](=O)[O-]. The molecule has 0 heterocycles. The lowest BCUT2D eigenvalue weighted by molar-refractivity contribution is -0.385. The Balaban J connectivity index is 2.45. The Morgan fingerprint density at radius 3 is 2.05 bits per heavy atom. The van der Waals surface area contributed by atoms with E-state index in [4.69, 9.17) is 28.4 Å². The molecule has 0 spiro atoms. The van der Waals surface area contributed by atoms with E-state index in [9.17, 15) is 19.7 Å². The normalized spacial score (nSPS) is 11.7. The smallest absolute Gasteiger partial charge is 0.278 e. The van der Waals surface area contributed by atoms with E-state index >= 15 is 0 Å². The highest BCUT2D eigenvalue weighted by Gasteiger charge is 2.24. The summed E-state index contributed by atoms with van der Waals surface area (Å²) in [7, 11) is 1.42. The minimum absolute atomic E-state index is 0.0371. The highest BCUT2D eigenvalue weighted by molar-refractivity contribution is 5.77. The van der Waals surface area contributed by atoms with E-state index in [1.807, 2.05) is 6.92 Å². The molecule has 210 valence electrons. The number of methoxy groups -OCH3 is 1. The molecule has 1 amide bonds. The number of ether oxygens (including phenoxy) is 6. The maximum atomic E-state index is 12.3. The lowest BCUT2D eigenvalue weighted by atomic mass is 10.0.